The number of fused-ring (bicyclic) bond motifs is 1. The Labute approximate surface area is 229 Å². The Morgan fingerprint density at radius 3 is 1.64 bits per heavy atom. The van der Waals surface area contributed by atoms with Gasteiger partial charge < -0.3 is 0 Å². The molecule has 3 nitrogen and oxygen atoms in total. The average molecular weight is 582 g/mol. The van der Waals surface area contributed by atoms with Crippen molar-refractivity contribution in [2.45, 2.75) is 141 Å². The number of benzene rings is 2. The molecule has 0 fully saturated rings. The van der Waals surface area contributed by atoms with Crippen LogP contribution in [0.25, 0.3) is 10.8 Å². The van der Waals surface area contributed by atoms with E-state index in [1.807, 2.05) is 12.1 Å². The first kappa shape index (κ1) is 31.3. The van der Waals surface area contributed by atoms with Crippen LogP contribution >= 0.6 is 15.9 Å². The van der Waals surface area contributed by atoms with E-state index >= 15 is 0 Å². The molecule has 0 unspecified atom stereocenters. The first-order valence-electron chi connectivity index (χ1n) is 14.6. The van der Waals surface area contributed by atoms with E-state index < -0.39 is 10.1 Å². The fraction of sp³-hybridized carbons (Fsp3) is 0.677. The Morgan fingerprint density at radius 2 is 1.14 bits per heavy atom. The van der Waals surface area contributed by atoms with Crippen molar-refractivity contribution in [2.75, 3.05) is 0 Å². The molecule has 0 spiro atoms. The van der Waals surface area contributed by atoms with Crippen molar-refractivity contribution in [2.24, 2.45) is 0 Å². The van der Waals surface area contributed by atoms with Gasteiger partial charge in [-0.3, -0.25) is 4.55 Å². The van der Waals surface area contributed by atoms with Gasteiger partial charge in [-0.05, 0) is 76.5 Å². The van der Waals surface area contributed by atoms with Gasteiger partial charge in [0.05, 0.1) is 0 Å². The number of rotatable bonds is 19. The summed E-state index contributed by atoms with van der Waals surface area (Å²) in [7, 11) is -4.37. The maximum atomic E-state index is 12.6. The minimum absolute atomic E-state index is 0.0589. The molecule has 5 heteroatoms. The van der Waals surface area contributed by atoms with Crippen LogP contribution in [0.3, 0.4) is 0 Å². The molecule has 0 aliphatic heterocycles. The van der Waals surface area contributed by atoms with Gasteiger partial charge in [-0.1, -0.05) is 116 Å². The molecule has 1 N–H and O–H groups in total. The van der Waals surface area contributed by atoms with Gasteiger partial charge >= 0.3 is 0 Å². The van der Waals surface area contributed by atoms with E-state index in [0.717, 1.165) is 55.9 Å². The zero-order chi connectivity index (χ0) is 26.4. The molecule has 0 aliphatic carbocycles. The summed E-state index contributed by atoms with van der Waals surface area (Å²) in [6.07, 6.45) is 20.7. The third-order valence-electron chi connectivity index (χ3n) is 7.39. The molecule has 204 valence electrons. The van der Waals surface area contributed by atoms with E-state index in [-0.39, 0.29) is 4.90 Å². The molecular weight excluding hydrogens is 532 g/mol. The zero-order valence-corrected chi connectivity index (χ0v) is 25.4. The topological polar surface area (TPSA) is 54.4 Å². The highest BCUT2D eigenvalue weighted by molar-refractivity contribution is 9.10. The molecule has 0 aromatic heterocycles. The highest BCUT2D eigenvalue weighted by atomic mass is 79.9. The summed E-state index contributed by atoms with van der Waals surface area (Å²) in [6.45, 7) is 6.69. The number of hydrogen-bond donors (Lipinski definition) is 1. The van der Waals surface area contributed by atoms with Gasteiger partial charge in [0.2, 0.25) is 0 Å². The SMILES string of the molecule is CCCCCCCc1c(Br)c(S(=O)(=O)O)c2cccc(CCCCCCC)c2c1CCCCCCC. The van der Waals surface area contributed by atoms with Crippen molar-refractivity contribution in [3.63, 3.8) is 0 Å². The summed E-state index contributed by atoms with van der Waals surface area (Å²) in [6, 6.07) is 6.02. The van der Waals surface area contributed by atoms with Crippen molar-refractivity contribution in [1.29, 1.82) is 0 Å². The molecule has 0 bridgehead atoms. The van der Waals surface area contributed by atoms with Gasteiger partial charge in [0, 0.05) is 9.86 Å². The second-order valence-electron chi connectivity index (χ2n) is 10.4. The summed E-state index contributed by atoms with van der Waals surface area (Å²) >= 11 is 3.67. The fourth-order valence-corrected chi connectivity index (χ4v) is 7.47. The third-order valence-corrected chi connectivity index (χ3v) is 9.47. The van der Waals surface area contributed by atoms with Crippen LogP contribution in [0.1, 0.15) is 134 Å². The average Bonchev–Trinajstić information content (AvgIpc) is 2.83. The van der Waals surface area contributed by atoms with Crippen LogP contribution in [0.4, 0.5) is 0 Å². The molecule has 0 radical (unpaired) electrons. The Bertz CT molecular complexity index is 1030. The molecule has 0 heterocycles. The number of unbranched alkanes of at least 4 members (excludes halogenated alkanes) is 12. The summed E-state index contributed by atoms with van der Waals surface area (Å²) in [5, 5.41) is 1.76. The quantitative estimate of drug-likeness (QED) is 0.133. The van der Waals surface area contributed by atoms with Gasteiger partial charge in [0.1, 0.15) is 4.90 Å². The second-order valence-corrected chi connectivity index (χ2v) is 12.6. The van der Waals surface area contributed by atoms with Gasteiger partial charge in [0.15, 0.2) is 0 Å². The summed E-state index contributed by atoms with van der Waals surface area (Å²) < 4.78 is 36.2. The number of halogens is 1. The second kappa shape index (κ2) is 16.8. The molecule has 0 amide bonds. The monoisotopic (exact) mass is 580 g/mol. The first-order valence-corrected chi connectivity index (χ1v) is 16.8. The summed E-state index contributed by atoms with van der Waals surface area (Å²) in [4.78, 5) is 0.0589. The summed E-state index contributed by atoms with van der Waals surface area (Å²) in [5.41, 5.74) is 3.64. The number of hydrogen-bond acceptors (Lipinski definition) is 2. The van der Waals surface area contributed by atoms with Crippen LogP contribution in [-0.4, -0.2) is 13.0 Å². The Hall–Kier alpha value is -0.910. The predicted molar refractivity (Wildman–Crippen MR) is 159 cm³/mol. The molecule has 0 saturated carbocycles. The first-order chi connectivity index (χ1) is 17.4. The van der Waals surface area contributed by atoms with Crippen molar-refractivity contribution in [3.8, 4) is 0 Å². The largest absolute Gasteiger partial charge is 0.296 e. The minimum atomic E-state index is -4.37. The van der Waals surface area contributed by atoms with Crippen LogP contribution in [0.5, 0.6) is 0 Å². The van der Waals surface area contributed by atoms with Gasteiger partial charge in [0.25, 0.3) is 10.1 Å². The lowest BCUT2D eigenvalue weighted by Gasteiger charge is -2.21. The fourth-order valence-electron chi connectivity index (χ4n) is 5.41. The molecule has 0 saturated heterocycles. The molecule has 0 aliphatic rings. The molecule has 2 aromatic carbocycles. The van der Waals surface area contributed by atoms with E-state index in [9.17, 15) is 13.0 Å². The smallest absolute Gasteiger partial charge is 0.282 e. The Kier molecular flexibility index (Phi) is 14.6. The maximum absolute atomic E-state index is 12.6. The highest BCUT2D eigenvalue weighted by Crippen LogP contribution is 2.40. The molecule has 2 aromatic rings. The van der Waals surface area contributed by atoms with E-state index in [0.29, 0.717) is 9.86 Å². The normalized spacial score (nSPS) is 12.0. The maximum Gasteiger partial charge on any atom is 0.296 e. The van der Waals surface area contributed by atoms with Gasteiger partial charge in [-0.2, -0.15) is 8.42 Å². The van der Waals surface area contributed by atoms with Crippen LogP contribution in [0.15, 0.2) is 27.6 Å². The van der Waals surface area contributed by atoms with E-state index in [1.54, 1.807) is 0 Å². The molecular formula is C31H49BrO3S. The lowest BCUT2D eigenvalue weighted by molar-refractivity contribution is 0.483. The van der Waals surface area contributed by atoms with E-state index in [4.69, 9.17) is 0 Å². The standard InChI is InChI=1S/C31H49BrO3S/c1-4-7-10-13-16-20-25-21-19-24-28-29(25)26(22-17-14-11-8-5-2)27(23-18-15-12-9-6-3)30(32)31(28)36(33,34)35/h19,21,24H,4-18,20,22-23H2,1-3H3,(H,33,34,35). The van der Waals surface area contributed by atoms with Crippen molar-refractivity contribution in [3.05, 3.63) is 39.4 Å². The van der Waals surface area contributed by atoms with E-state index in [1.165, 1.54) is 81.8 Å². The Balaban J connectivity index is 2.56. The summed E-state index contributed by atoms with van der Waals surface area (Å²) in [5.74, 6) is 0. The van der Waals surface area contributed by atoms with E-state index in [2.05, 4.69) is 42.8 Å². The lowest BCUT2D eigenvalue weighted by Crippen LogP contribution is -2.09. The lowest BCUT2D eigenvalue weighted by atomic mass is 9.88. The van der Waals surface area contributed by atoms with Crippen LogP contribution in [-0.2, 0) is 29.4 Å². The van der Waals surface area contributed by atoms with Crippen molar-refractivity contribution >= 4 is 36.8 Å². The van der Waals surface area contributed by atoms with Gasteiger partial charge in [-0.25, -0.2) is 0 Å². The van der Waals surface area contributed by atoms with Crippen molar-refractivity contribution in [1.82, 2.24) is 0 Å². The van der Waals surface area contributed by atoms with Crippen LogP contribution in [0.2, 0.25) is 0 Å². The predicted octanol–water partition coefficient (Wildman–Crippen LogP) is 10.4. The van der Waals surface area contributed by atoms with Crippen LogP contribution in [0, 0.1) is 0 Å². The van der Waals surface area contributed by atoms with Gasteiger partial charge in [-0.15, -0.1) is 0 Å². The molecule has 36 heavy (non-hydrogen) atoms. The third kappa shape index (κ3) is 9.44. The zero-order valence-electron chi connectivity index (χ0n) is 23.0. The van der Waals surface area contributed by atoms with Crippen molar-refractivity contribution < 1.29 is 13.0 Å². The Morgan fingerprint density at radius 1 is 0.667 bits per heavy atom. The number of aryl methyl sites for hydroxylation is 2. The van der Waals surface area contributed by atoms with Crippen LogP contribution < -0.4 is 0 Å². The molecule has 0 atom stereocenters. The molecule has 2 rings (SSSR count). The highest BCUT2D eigenvalue weighted by Gasteiger charge is 2.26. The minimum Gasteiger partial charge on any atom is -0.282 e.